The molecule has 22 heteroatoms. The predicted octanol–water partition coefficient (Wildman–Crippen LogP) is 0.639. The van der Waals surface area contributed by atoms with Gasteiger partial charge in [0.2, 0.25) is 17.7 Å². The first-order valence-corrected chi connectivity index (χ1v) is 20.2. The first-order chi connectivity index (χ1) is 26.4. The number of rotatable bonds is 27. The van der Waals surface area contributed by atoms with E-state index in [2.05, 4.69) is 37.2 Å². The van der Waals surface area contributed by atoms with Gasteiger partial charge in [0.1, 0.15) is 18.1 Å². The van der Waals surface area contributed by atoms with E-state index in [9.17, 15) is 53.4 Å². The standard InChI is InChI=1S/C34H51N7O13S2/c1-19(38-34(54)41-23(32(51)52)11-12-27(43)44)6-4-5-13-35-33(53)36-17-22-9-7-21(8-10-22)14-26(42)39-24(15-28(45)46)31(50)40-25(16-29(47)48)30(49)37-20(2)18-56-55-3/h7-10,19-20,23-25H,4-6,11-18H2,1-3H3,(H,37,49)(H,39,42)(H,40,50)(H,43,44)(H,45,46)(H,47,48)(H,51,52)(H2,35,36,53)(H2,38,41,54)/t19-,20-,23+,24+,25+/m1/s1. The third-order valence-corrected chi connectivity index (χ3v) is 9.67. The Labute approximate surface area is 331 Å². The Morgan fingerprint density at radius 3 is 1.79 bits per heavy atom. The van der Waals surface area contributed by atoms with E-state index in [1.807, 2.05) is 6.26 Å². The van der Waals surface area contributed by atoms with Crippen LogP contribution in [0.4, 0.5) is 9.59 Å². The fourth-order valence-electron chi connectivity index (χ4n) is 4.84. The van der Waals surface area contributed by atoms with Crippen LogP contribution in [0.2, 0.25) is 0 Å². The summed E-state index contributed by atoms with van der Waals surface area (Å²) in [4.78, 5) is 108. The van der Waals surface area contributed by atoms with Crippen molar-refractivity contribution in [3.05, 3.63) is 35.4 Å². The van der Waals surface area contributed by atoms with E-state index in [4.69, 9.17) is 10.2 Å². The lowest BCUT2D eigenvalue weighted by Gasteiger charge is -2.23. The minimum Gasteiger partial charge on any atom is -0.481 e. The number of hydrogen-bond donors (Lipinski definition) is 11. The van der Waals surface area contributed by atoms with E-state index in [1.165, 1.54) is 21.6 Å². The number of nitrogens with one attached hydrogen (secondary N) is 7. The van der Waals surface area contributed by atoms with Crippen LogP contribution in [0, 0.1) is 0 Å². The zero-order chi connectivity index (χ0) is 42.2. The Morgan fingerprint density at radius 1 is 0.625 bits per heavy atom. The zero-order valence-corrected chi connectivity index (χ0v) is 32.9. The number of urea groups is 2. The van der Waals surface area contributed by atoms with Crippen molar-refractivity contribution in [2.24, 2.45) is 0 Å². The number of hydrogen-bond acceptors (Lipinski definition) is 11. The highest BCUT2D eigenvalue weighted by molar-refractivity contribution is 8.76. The van der Waals surface area contributed by atoms with Gasteiger partial charge < -0.3 is 57.6 Å². The molecule has 312 valence electrons. The number of amides is 7. The maximum absolute atomic E-state index is 13.0. The summed E-state index contributed by atoms with van der Waals surface area (Å²) in [6.45, 7) is 3.91. The summed E-state index contributed by atoms with van der Waals surface area (Å²) >= 11 is 0. The summed E-state index contributed by atoms with van der Waals surface area (Å²) < 4.78 is 0. The highest BCUT2D eigenvalue weighted by Gasteiger charge is 2.30. The fraction of sp³-hybridized carbons (Fsp3) is 0.559. The molecule has 0 aliphatic rings. The van der Waals surface area contributed by atoms with Gasteiger partial charge in [0.15, 0.2) is 0 Å². The van der Waals surface area contributed by atoms with Gasteiger partial charge >= 0.3 is 35.9 Å². The van der Waals surface area contributed by atoms with Gasteiger partial charge in [-0.15, -0.1) is 0 Å². The number of carbonyl (C=O) groups is 9. The van der Waals surface area contributed by atoms with Gasteiger partial charge in [-0.1, -0.05) is 45.9 Å². The molecule has 0 radical (unpaired) electrons. The Hall–Kier alpha value is -5.25. The molecule has 0 fully saturated rings. The number of benzene rings is 1. The molecule has 20 nitrogen and oxygen atoms in total. The maximum atomic E-state index is 13.0. The van der Waals surface area contributed by atoms with Crippen molar-refractivity contribution < 1.29 is 63.6 Å². The van der Waals surface area contributed by atoms with Gasteiger partial charge in [-0.2, -0.15) is 0 Å². The van der Waals surface area contributed by atoms with Gasteiger partial charge in [-0.3, -0.25) is 28.8 Å². The van der Waals surface area contributed by atoms with E-state index in [1.54, 1.807) is 38.1 Å². The predicted molar refractivity (Wildman–Crippen MR) is 206 cm³/mol. The third kappa shape index (κ3) is 22.2. The molecule has 0 heterocycles. The van der Waals surface area contributed by atoms with E-state index < -0.39 is 91.0 Å². The van der Waals surface area contributed by atoms with Crippen LogP contribution in [0.25, 0.3) is 0 Å². The van der Waals surface area contributed by atoms with Crippen molar-refractivity contribution in [2.45, 2.75) is 102 Å². The lowest BCUT2D eigenvalue weighted by Crippen LogP contribution is -2.56. The second-order valence-corrected chi connectivity index (χ2v) is 15.3. The second kappa shape index (κ2) is 26.5. The van der Waals surface area contributed by atoms with Crippen LogP contribution in [0.1, 0.15) is 69.9 Å². The van der Waals surface area contributed by atoms with Crippen molar-refractivity contribution in [2.75, 3.05) is 18.6 Å². The van der Waals surface area contributed by atoms with Crippen LogP contribution >= 0.6 is 21.6 Å². The average molecular weight is 830 g/mol. The van der Waals surface area contributed by atoms with E-state index in [-0.39, 0.29) is 31.5 Å². The largest absolute Gasteiger partial charge is 0.481 e. The Morgan fingerprint density at radius 2 is 1.21 bits per heavy atom. The normalized spacial score (nSPS) is 13.3. The van der Waals surface area contributed by atoms with Gasteiger partial charge in [0.25, 0.3) is 0 Å². The number of carboxylic acids is 4. The van der Waals surface area contributed by atoms with Crippen LogP contribution in [-0.2, 0) is 46.5 Å². The summed E-state index contributed by atoms with van der Waals surface area (Å²) in [5.41, 5.74) is 1.20. The van der Waals surface area contributed by atoms with Crippen molar-refractivity contribution in [1.82, 2.24) is 37.2 Å². The molecule has 1 aromatic carbocycles. The average Bonchev–Trinajstić information content (AvgIpc) is 3.10. The first-order valence-electron chi connectivity index (χ1n) is 17.5. The fourth-order valence-corrected chi connectivity index (χ4v) is 6.29. The zero-order valence-electron chi connectivity index (χ0n) is 31.3. The number of aliphatic carboxylic acids is 4. The molecule has 0 saturated heterocycles. The molecule has 5 atom stereocenters. The molecule has 1 aromatic rings. The molecule has 0 aliphatic carbocycles. The van der Waals surface area contributed by atoms with E-state index >= 15 is 0 Å². The van der Waals surface area contributed by atoms with Gasteiger partial charge in [-0.05, 0) is 56.9 Å². The Bertz CT molecular complexity index is 1520. The lowest BCUT2D eigenvalue weighted by atomic mass is 10.1. The highest BCUT2D eigenvalue weighted by Crippen LogP contribution is 2.17. The number of carboxylic acid groups (broad SMARTS) is 4. The van der Waals surface area contributed by atoms with Crippen LogP contribution in [0.5, 0.6) is 0 Å². The number of unbranched alkanes of at least 4 members (excludes halogenated alkanes) is 1. The van der Waals surface area contributed by atoms with E-state index in [0.29, 0.717) is 42.7 Å². The summed E-state index contributed by atoms with van der Waals surface area (Å²) in [5, 5.41) is 53.9. The Kier molecular flexibility index (Phi) is 23.1. The molecule has 0 bridgehead atoms. The van der Waals surface area contributed by atoms with Gasteiger partial charge in [0.05, 0.1) is 19.3 Å². The monoisotopic (exact) mass is 829 g/mol. The minimum absolute atomic E-state index is 0.152. The molecular weight excluding hydrogens is 779 g/mol. The van der Waals surface area contributed by atoms with Crippen molar-refractivity contribution in [3.8, 4) is 0 Å². The lowest BCUT2D eigenvalue weighted by molar-refractivity contribution is -0.143. The number of carbonyl (C=O) groups excluding carboxylic acids is 5. The molecular formula is C34H51N7O13S2. The summed E-state index contributed by atoms with van der Waals surface area (Å²) in [6, 6.07) is 0.260. The summed E-state index contributed by atoms with van der Waals surface area (Å²) in [6.07, 6.45) is 1.10. The van der Waals surface area contributed by atoms with Crippen LogP contribution in [0.3, 0.4) is 0 Å². The molecule has 0 aromatic heterocycles. The van der Waals surface area contributed by atoms with Crippen molar-refractivity contribution in [3.63, 3.8) is 0 Å². The Balaban J connectivity index is 2.54. The quantitative estimate of drug-likeness (QED) is 0.0428. The molecule has 1 rings (SSSR count). The molecule has 11 N–H and O–H groups in total. The summed E-state index contributed by atoms with van der Waals surface area (Å²) in [5.74, 6) is -7.30. The molecule has 0 spiro atoms. The van der Waals surface area contributed by atoms with E-state index in [0.717, 1.165) is 0 Å². The van der Waals surface area contributed by atoms with Crippen LogP contribution < -0.4 is 37.2 Å². The minimum atomic E-state index is -1.60. The molecule has 0 unspecified atom stereocenters. The highest BCUT2D eigenvalue weighted by atomic mass is 33.1. The van der Waals surface area contributed by atoms with Gasteiger partial charge in [0, 0.05) is 37.3 Å². The van der Waals surface area contributed by atoms with Crippen LogP contribution in [0.15, 0.2) is 24.3 Å². The molecule has 7 amide bonds. The first kappa shape index (κ1) is 48.8. The maximum Gasteiger partial charge on any atom is 0.326 e. The van der Waals surface area contributed by atoms with Crippen molar-refractivity contribution in [1.29, 1.82) is 0 Å². The third-order valence-electron chi connectivity index (χ3n) is 7.68. The molecule has 0 saturated carbocycles. The molecule has 0 aliphatic heterocycles. The molecule has 56 heavy (non-hydrogen) atoms. The van der Waals surface area contributed by atoms with Crippen molar-refractivity contribution >= 4 is 75.2 Å². The van der Waals surface area contributed by atoms with Gasteiger partial charge in [-0.25, -0.2) is 14.4 Å². The van der Waals surface area contributed by atoms with Crippen LogP contribution in [-0.4, -0.2) is 123 Å². The smallest absolute Gasteiger partial charge is 0.326 e. The summed E-state index contributed by atoms with van der Waals surface area (Å²) in [7, 11) is 2.94. The SMILES string of the molecule is CSSC[C@@H](C)NC(=O)[C@H](CC(=O)O)NC(=O)[C@H](CC(=O)O)NC(=O)Cc1ccc(CNC(=O)NCCCC[C@@H](C)NC(=O)N[C@@H](CCC(=O)O)C(=O)O)cc1. The topological polar surface area (TPSA) is 319 Å². The second-order valence-electron chi connectivity index (χ2n) is 12.7.